The Morgan fingerprint density at radius 3 is 2.79 bits per heavy atom. The molecule has 0 amide bonds. The number of hydrogen-bond donors (Lipinski definition) is 0. The molecule has 0 bridgehead atoms. The van der Waals surface area contributed by atoms with Crippen molar-refractivity contribution in [3.8, 4) is 0 Å². The Hall–Kier alpha value is -1.45. The van der Waals surface area contributed by atoms with Gasteiger partial charge in [0.1, 0.15) is 5.82 Å². The first-order valence-corrected chi connectivity index (χ1v) is 4.91. The first kappa shape index (κ1) is 9.12. The van der Waals surface area contributed by atoms with E-state index >= 15 is 0 Å². The molecular weight excluding hydrogens is 176 g/mol. The monoisotopic (exact) mass is 190 g/mol. The van der Waals surface area contributed by atoms with E-state index in [2.05, 4.69) is 35.8 Å². The van der Waals surface area contributed by atoms with Gasteiger partial charge in [-0.25, -0.2) is 14.6 Å². The van der Waals surface area contributed by atoms with Gasteiger partial charge in [0.25, 0.3) is 0 Å². The van der Waals surface area contributed by atoms with E-state index in [1.165, 1.54) is 0 Å². The smallest absolute Gasteiger partial charge is 0.161 e. The Balaban J connectivity index is 2.63. The van der Waals surface area contributed by atoms with E-state index in [1.807, 2.05) is 17.1 Å². The number of aromatic nitrogens is 4. The Morgan fingerprint density at radius 1 is 1.36 bits per heavy atom. The zero-order valence-electron chi connectivity index (χ0n) is 8.73. The Morgan fingerprint density at radius 2 is 2.14 bits per heavy atom. The van der Waals surface area contributed by atoms with Crippen molar-refractivity contribution in [2.24, 2.45) is 0 Å². The summed E-state index contributed by atoms with van der Waals surface area (Å²) < 4.78 is 1.93. The first-order chi connectivity index (χ1) is 6.72. The summed E-state index contributed by atoms with van der Waals surface area (Å²) in [6.07, 6.45) is 4.51. The van der Waals surface area contributed by atoms with Crippen LogP contribution in [-0.2, 0) is 6.42 Å². The molecule has 0 saturated heterocycles. The van der Waals surface area contributed by atoms with Gasteiger partial charge >= 0.3 is 0 Å². The molecule has 0 aliphatic heterocycles. The third kappa shape index (κ3) is 1.36. The summed E-state index contributed by atoms with van der Waals surface area (Å²) in [4.78, 5) is 8.70. The normalized spacial score (nSPS) is 11.4. The van der Waals surface area contributed by atoms with Crippen LogP contribution >= 0.6 is 0 Å². The highest BCUT2D eigenvalue weighted by atomic mass is 15.3. The van der Waals surface area contributed by atoms with Gasteiger partial charge in [-0.3, -0.25) is 0 Å². The molecule has 0 N–H and O–H groups in total. The fourth-order valence-corrected chi connectivity index (χ4v) is 1.42. The lowest BCUT2D eigenvalue weighted by Crippen LogP contribution is -2.04. The topological polar surface area (TPSA) is 43.6 Å². The van der Waals surface area contributed by atoms with Gasteiger partial charge in [0.2, 0.25) is 0 Å². The zero-order chi connectivity index (χ0) is 10.1. The number of nitrogens with zero attached hydrogens (tertiary/aromatic N) is 4. The molecule has 4 nitrogen and oxygen atoms in total. The second-order valence-corrected chi connectivity index (χ2v) is 3.60. The molecule has 74 valence electrons. The number of rotatable bonds is 2. The van der Waals surface area contributed by atoms with E-state index in [0.717, 1.165) is 23.3 Å². The van der Waals surface area contributed by atoms with E-state index in [-0.39, 0.29) is 0 Å². The van der Waals surface area contributed by atoms with E-state index in [0.29, 0.717) is 6.04 Å². The van der Waals surface area contributed by atoms with Gasteiger partial charge in [0.05, 0.1) is 11.6 Å². The molecule has 14 heavy (non-hydrogen) atoms. The van der Waals surface area contributed by atoms with Crippen molar-refractivity contribution < 1.29 is 0 Å². The highest BCUT2D eigenvalue weighted by Gasteiger charge is 2.07. The molecule has 2 aromatic rings. The molecule has 4 heteroatoms. The summed E-state index contributed by atoms with van der Waals surface area (Å²) >= 11 is 0. The van der Waals surface area contributed by atoms with Crippen molar-refractivity contribution >= 4 is 11.0 Å². The van der Waals surface area contributed by atoms with Crippen LogP contribution in [0.3, 0.4) is 0 Å². The predicted octanol–water partition coefficient (Wildman–Crippen LogP) is 1.97. The molecule has 0 aliphatic carbocycles. The molecule has 2 aromatic heterocycles. The maximum absolute atomic E-state index is 4.46. The van der Waals surface area contributed by atoms with Crippen LogP contribution in [0.4, 0.5) is 0 Å². The van der Waals surface area contributed by atoms with E-state index in [1.54, 1.807) is 0 Å². The zero-order valence-corrected chi connectivity index (χ0v) is 8.73. The van der Waals surface area contributed by atoms with Gasteiger partial charge in [-0.05, 0) is 13.8 Å². The lowest BCUT2D eigenvalue weighted by Gasteiger charge is -2.06. The molecule has 0 aliphatic rings. The molecule has 0 atom stereocenters. The second kappa shape index (κ2) is 3.36. The quantitative estimate of drug-likeness (QED) is 0.727. The fraction of sp³-hybridized carbons (Fsp3) is 0.500. The van der Waals surface area contributed by atoms with Gasteiger partial charge in [-0.2, -0.15) is 5.10 Å². The standard InChI is InChI=1S/C10H14N4/c1-4-9-11-5-8-6-12-14(7(2)3)10(8)13-9/h5-7H,4H2,1-3H3. The maximum Gasteiger partial charge on any atom is 0.161 e. The van der Waals surface area contributed by atoms with Gasteiger partial charge in [0, 0.05) is 18.7 Å². The van der Waals surface area contributed by atoms with Gasteiger partial charge in [-0.1, -0.05) is 6.92 Å². The van der Waals surface area contributed by atoms with Gasteiger partial charge in [-0.15, -0.1) is 0 Å². The summed E-state index contributed by atoms with van der Waals surface area (Å²) in [5, 5.41) is 5.29. The molecule has 0 unspecified atom stereocenters. The summed E-state index contributed by atoms with van der Waals surface area (Å²) in [6, 6.07) is 0.340. The Labute approximate surface area is 83.0 Å². The fourth-order valence-electron chi connectivity index (χ4n) is 1.42. The van der Waals surface area contributed by atoms with Gasteiger partial charge in [0.15, 0.2) is 5.65 Å². The second-order valence-electron chi connectivity index (χ2n) is 3.60. The van der Waals surface area contributed by atoms with Crippen molar-refractivity contribution in [2.75, 3.05) is 0 Å². The minimum absolute atomic E-state index is 0.340. The van der Waals surface area contributed by atoms with Crippen LogP contribution in [0.15, 0.2) is 12.4 Å². The third-order valence-electron chi connectivity index (χ3n) is 2.19. The summed E-state index contributed by atoms with van der Waals surface area (Å²) in [5.41, 5.74) is 0.937. The van der Waals surface area contributed by atoms with Crippen LogP contribution in [0.5, 0.6) is 0 Å². The van der Waals surface area contributed by atoms with E-state index in [4.69, 9.17) is 0 Å². The SMILES string of the molecule is CCc1ncc2cnn(C(C)C)c2n1. The van der Waals surface area contributed by atoms with Crippen molar-refractivity contribution in [1.29, 1.82) is 0 Å². The summed E-state index contributed by atoms with van der Waals surface area (Å²) in [7, 11) is 0. The molecule has 0 aromatic carbocycles. The molecule has 2 heterocycles. The van der Waals surface area contributed by atoms with Crippen LogP contribution in [0.25, 0.3) is 11.0 Å². The first-order valence-electron chi connectivity index (χ1n) is 4.91. The number of fused-ring (bicyclic) bond motifs is 1. The largest absolute Gasteiger partial charge is 0.245 e. The Kier molecular flexibility index (Phi) is 2.19. The van der Waals surface area contributed by atoms with Crippen molar-refractivity contribution in [2.45, 2.75) is 33.2 Å². The maximum atomic E-state index is 4.46. The van der Waals surface area contributed by atoms with Crippen molar-refractivity contribution in [1.82, 2.24) is 19.7 Å². The minimum atomic E-state index is 0.340. The molecule has 0 saturated carbocycles. The lowest BCUT2D eigenvalue weighted by molar-refractivity contribution is 0.545. The molecule has 0 radical (unpaired) electrons. The number of aryl methyl sites for hydroxylation is 1. The lowest BCUT2D eigenvalue weighted by atomic mass is 10.3. The predicted molar refractivity (Wildman–Crippen MR) is 55.1 cm³/mol. The molecular formula is C10H14N4. The minimum Gasteiger partial charge on any atom is -0.245 e. The van der Waals surface area contributed by atoms with Crippen molar-refractivity contribution in [3.63, 3.8) is 0 Å². The molecule has 0 spiro atoms. The van der Waals surface area contributed by atoms with E-state index in [9.17, 15) is 0 Å². The van der Waals surface area contributed by atoms with Crippen molar-refractivity contribution in [3.05, 3.63) is 18.2 Å². The van der Waals surface area contributed by atoms with Crippen LogP contribution in [-0.4, -0.2) is 19.7 Å². The third-order valence-corrected chi connectivity index (χ3v) is 2.19. The summed E-state index contributed by atoms with van der Waals surface area (Å²) in [5.74, 6) is 0.875. The summed E-state index contributed by atoms with van der Waals surface area (Å²) in [6.45, 7) is 6.25. The Bertz CT molecular complexity index is 444. The molecule has 2 rings (SSSR count). The molecule has 0 fully saturated rings. The van der Waals surface area contributed by atoms with Crippen LogP contribution in [0.2, 0.25) is 0 Å². The van der Waals surface area contributed by atoms with Crippen LogP contribution in [0, 0.1) is 0 Å². The average molecular weight is 190 g/mol. The average Bonchev–Trinajstić information content (AvgIpc) is 2.59. The van der Waals surface area contributed by atoms with Crippen LogP contribution in [0.1, 0.15) is 32.6 Å². The van der Waals surface area contributed by atoms with E-state index < -0.39 is 0 Å². The van der Waals surface area contributed by atoms with Gasteiger partial charge < -0.3 is 0 Å². The van der Waals surface area contributed by atoms with Crippen LogP contribution < -0.4 is 0 Å². The highest BCUT2D eigenvalue weighted by molar-refractivity contribution is 5.73. The number of hydrogen-bond acceptors (Lipinski definition) is 3. The highest BCUT2D eigenvalue weighted by Crippen LogP contribution is 2.14.